The maximum atomic E-state index is 10.8. The molecule has 14 heavy (non-hydrogen) atoms. The van der Waals surface area contributed by atoms with E-state index in [1.165, 1.54) is 0 Å². The third-order valence-corrected chi connectivity index (χ3v) is 1.45. The van der Waals surface area contributed by atoms with E-state index in [1.807, 2.05) is 13.8 Å². The number of aliphatic imine (C=N–C) groups is 1. The standard InChI is InChI=1S/C8H16N2O3.Li/c1-5(2)3-6(8(12)13)10-7(11)4-9;/h5-6H,3-4,9H2,1-2H3,(H,10,11)(H,12,13);/q;+1/p-1/t6-;/m0./s1. The van der Waals surface area contributed by atoms with Gasteiger partial charge in [0, 0.05) is 6.54 Å². The van der Waals surface area contributed by atoms with Crippen LogP contribution in [0.5, 0.6) is 0 Å². The van der Waals surface area contributed by atoms with Gasteiger partial charge in [0.2, 0.25) is 0 Å². The molecule has 0 amide bonds. The van der Waals surface area contributed by atoms with Crippen LogP contribution < -0.4 is 29.7 Å². The Labute approximate surface area is 95.6 Å². The van der Waals surface area contributed by atoms with Crippen LogP contribution in [0.1, 0.15) is 20.3 Å². The molecule has 0 aromatic heterocycles. The molecule has 0 aliphatic rings. The van der Waals surface area contributed by atoms with E-state index < -0.39 is 17.9 Å². The van der Waals surface area contributed by atoms with Gasteiger partial charge in [0.05, 0.1) is 0 Å². The summed E-state index contributed by atoms with van der Waals surface area (Å²) in [5.74, 6) is -1.45. The summed E-state index contributed by atoms with van der Waals surface area (Å²) in [5, 5.41) is 19.4. The SMILES string of the molecule is CC(C)C[C@H](N=C([O-])CN)C(=O)O.[Li+]. The number of carboxylic acid groups (broad SMARTS) is 1. The fourth-order valence-corrected chi connectivity index (χ4v) is 0.882. The zero-order valence-electron chi connectivity index (χ0n) is 8.86. The first-order chi connectivity index (χ1) is 5.97. The van der Waals surface area contributed by atoms with Crippen molar-refractivity contribution < 1.29 is 33.9 Å². The number of rotatable bonds is 5. The van der Waals surface area contributed by atoms with Gasteiger partial charge in [-0.2, -0.15) is 0 Å². The summed E-state index contributed by atoms with van der Waals surface area (Å²) in [5.41, 5.74) is 5.02. The second-order valence-electron chi connectivity index (χ2n) is 3.21. The van der Waals surface area contributed by atoms with Crippen molar-refractivity contribution in [2.75, 3.05) is 6.54 Å². The fourth-order valence-electron chi connectivity index (χ4n) is 0.882. The van der Waals surface area contributed by atoms with Crippen LogP contribution in [0.4, 0.5) is 0 Å². The second kappa shape index (κ2) is 7.86. The minimum atomic E-state index is -1.07. The van der Waals surface area contributed by atoms with Crippen molar-refractivity contribution in [1.29, 1.82) is 0 Å². The number of carboxylic acids is 1. The van der Waals surface area contributed by atoms with E-state index in [0.717, 1.165) is 0 Å². The van der Waals surface area contributed by atoms with Gasteiger partial charge in [0.25, 0.3) is 0 Å². The minimum Gasteiger partial charge on any atom is -0.861 e. The molecule has 0 heterocycles. The molecule has 6 heteroatoms. The van der Waals surface area contributed by atoms with Gasteiger partial charge in [0.1, 0.15) is 6.04 Å². The number of carbonyl (C=O) groups is 1. The Balaban J connectivity index is 0. The van der Waals surface area contributed by atoms with Gasteiger partial charge in [-0.3, -0.25) is 4.99 Å². The topological polar surface area (TPSA) is 98.7 Å². The molecule has 0 aromatic carbocycles. The van der Waals surface area contributed by atoms with Gasteiger partial charge in [-0.05, 0) is 18.2 Å². The van der Waals surface area contributed by atoms with Crippen LogP contribution in [-0.4, -0.2) is 29.6 Å². The third-order valence-electron chi connectivity index (χ3n) is 1.45. The van der Waals surface area contributed by atoms with Crippen molar-refractivity contribution in [3.63, 3.8) is 0 Å². The molecule has 0 rings (SSSR count). The van der Waals surface area contributed by atoms with Crippen LogP contribution in [0, 0.1) is 5.92 Å². The summed E-state index contributed by atoms with van der Waals surface area (Å²) < 4.78 is 0. The van der Waals surface area contributed by atoms with Crippen molar-refractivity contribution in [1.82, 2.24) is 0 Å². The maximum absolute atomic E-state index is 10.8. The smallest absolute Gasteiger partial charge is 0.861 e. The van der Waals surface area contributed by atoms with E-state index in [4.69, 9.17) is 10.8 Å². The molecule has 0 bridgehead atoms. The molecule has 1 atom stereocenters. The minimum absolute atomic E-state index is 0. The Bertz CT molecular complexity index is 207. The average molecular weight is 194 g/mol. The average Bonchev–Trinajstić information content (AvgIpc) is 2.02. The number of nitrogens with zero attached hydrogens (tertiary/aromatic N) is 1. The molecular formula is C8H15LiN2O3. The summed E-state index contributed by atoms with van der Waals surface area (Å²) in [7, 11) is 0. The van der Waals surface area contributed by atoms with E-state index in [0.29, 0.717) is 6.42 Å². The first-order valence-corrected chi connectivity index (χ1v) is 4.14. The van der Waals surface area contributed by atoms with Crippen molar-refractivity contribution in [2.45, 2.75) is 26.3 Å². The molecule has 0 saturated carbocycles. The second-order valence-corrected chi connectivity index (χ2v) is 3.21. The molecule has 0 aliphatic carbocycles. The number of hydrogen-bond donors (Lipinski definition) is 2. The van der Waals surface area contributed by atoms with Gasteiger partial charge < -0.3 is 15.9 Å². The molecule has 0 saturated heterocycles. The Morgan fingerprint density at radius 3 is 2.36 bits per heavy atom. The molecule has 0 unspecified atom stereocenters. The first-order valence-electron chi connectivity index (χ1n) is 4.14. The van der Waals surface area contributed by atoms with E-state index in [2.05, 4.69) is 4.99 Å². The zero-order chi connectivity index (χ0) is 10.4. The molecule has 0 spiro atoms. The van der Waals surface area contributed by atoms with Gasteiger partial charge >= 0.3 is 24.8 Å². The Kier molecular flexibility index (Phi) is 8.95. The van der Waals surface area contributed by atoms with E-state index in [-0.39, 0.29) is 31.3 Å². The third kappa shape index (κ3) is 6.95. The van der Waals surface area contributed by atoms with Crippen LogP contribution >= 0.6 is 0 Å². The molecule has 0 aromatic rings. The van der Waals surface area contributed by atoms with E-state index >= 15 is 0 Å². The van der Waals surface area contributed by atoms with Crippen LogP contribution in [-0.2, 0) is 4.79 Å². The Morgan fingerprint density at radius 1 is 1.57 bits per heavy atom. The molecule has 0 fully saturated rings. The predicted octanol–water partition coefficient (Wildman–Crippen LogP) is -3.79. The summed E-state index contributed by atoms with van der Waals surface area (Å²) in [4.78, 5) is 14.1. The van der Waals surface area contributed by atoms with Gasteiger partial charge in [-0.15, -0.1) is 0 Å². The van der Waals surface area contributed by atoms with Crippen molar-refractivity contribution in [3.8, 4) is 0 Å². The van der Waals surface area contributed by atoms with E-state index in [9.17, 15) is 9.90 Å². The Morgan fingerprint density at radius 2 is 2.07 bits per heavy atom. The summed E-state index contributed by atoms with van der Waals surface area (Å²) in [6, 6.07) is -0.948. The van der Waals surface area contributed by atoms with Crippen molar-refractivity contribution >= 4 is 11.9 Å². The molecule has 76 valence electrons. The number of nitrogens with two attached hydrogens (primary N) is 1. The molecule has 0 aliphatic heterocycles. The van der Waals surface area contributed by atoms with Gasteiger partial charge in [-0.1, -0.05) is 13.8 Å². The Hall–Kier alpha value is -0.503. The van der Waals surface area contributed by atoms with Crippen LogP contribution in [0.2, 0.25) is 0 Å². The van der Waals surface area contributed by atoms with Crippen LogP contribution in [0.3, 0.4) is 0 Å². The molecule has 0 radical (unpaired) electrons. The summed E-state index contributed by atoms with van der Waals surface area (Å²) in [6.45, 7) is 3.51. The van der Waals surface area contributed by atoms with Crippen molar-refractivity contribution in [2.24, 2.45) is 16.6 Å². The van der Waals surface area contributed by atoms with Crippen LogP contribution in [0.15, 0.2) is 4.99 Å². The summed E-state index contributed by atoms with van der Waals surface area (Å²) in [6.07, 6.45) is 0.362. The van der Waals surface area contributed by atoms with Crippen molar-refractivity contribution in [3.05, 3.63) is 0 Å². The monoisotopic (exact) mass is 194 g/mol. The van der Waals surface area contributed by atoms with Gasteiger partial charge in [-0.25, -0.2) is 4.79 Å². The van der Waals surface area contributed by atoms with Crippen LogP contribution in [0.25, 0.3) is 0 Å². The molecular weight excluding hydrogens is 179 g/mol. The number of hydrogen-bond acceptors (Lipinski definition) is 4. The fraction of sp³-hybridized carbons (Fsp3) is 0.750. The predicted molar refractivity (Wildman–Crippen MR) is 47.4 cm³/mol. The molecule has 3 N–H and O–H groups in total. The first kappa shape index (κ1) is 15.9. The molecule has 5 nitrogen and oxygen atoms in total. The summed E-state index contributed by atoms with van der Waals surface area (Å²) >= 11 is 0. The quantitative estimate of drug-likeness (QED) is 0.266. The normalized spacial score (nSPS) is 13.6. The largest absolute Gasteiger partial charge is 1.00 e. The van der Waals surface area contributed by atoms with E-state index in [1.54, 1.807) is 0 Å². The zero-order valence-corrected chi connectivity index (χ0v) is 8.86. The number of aliphatic carboxylic acids is 1. The maximum Gasteiger partial charge on any atom is 1.00 e. The van der Waals surface area contributed by atoms with Gasteiger partial charge in [0.15, 0.2) is 0 Å².